The van der Waals surface area contributed by atoms with Gasteiger partial charge in [0.15, 0.2) is 5.15 Å². The molecule has 1 aliphatic heterocycles. The molecule has 0 unspecified atom stereocenters. The molecule has 0 radical (unpaired) electrons. The average molecular weight is 327 g/mol. The summed E-state index contributed by atoms with van der Waals surface area (Å²) in [6, 6.07) is 3.64. The zero-order chi connectivity index (χ0) is 16.2. The largest absolute Gasteiger partial charge is 0.444 e. The smallest absolute Gasteiger partial charge is 0.407 e. The molecule has 0 bridgehead atoms. The molecule has 1 saturated heterocycles. The minimum absolute atomic E-state index is 0.352. The number of carbonyl (C=O) groups excluding carboxylic acids is 1. The molecule has 22 heavy (non-hydrogen) atoms. The van der Waals surface area contributed by atoms with Crippen molar-refractivity contribution in [2.75, 3.05) is 19.6 Å². The van der Waals surface area contributed by atoms with Crippen LogP contribution < -0.4 is 5.32 Å². The highest BCUT2D eigenvalue weighted by atomic mass is 35.5. The van der Waals surface area contributed by atoms with Crippen LogP contribution in [0.5, 0.6) is 0 Å². The van der Waals surface area contributed by atoms with Crippen molar-refractivity contribution in [2.24, 2.45) is 5.92 Å². The standard InChI is InChI=1S/C15H23ClN4O2/c1-15(2,3)22-14(21)17-8-11-6-7-20(9-11)10-12-4-5-13(16)19-18-12/h4-5,11H,6-10H2,1-3H3,(H,17,21)/t11-/m0/s1. The second-order valence-corrected chi connectivity index (χ2v) is 7.01. The SMILES string of the molecule is CC(C)(C)OC(=O)NC[C@@H]1CCN(Cc2ccc(Cl)nn2)C1. The molecule has 1 aliphatic rings. The molecule has 122 valence electrons. The van der Waals surface area contributed by atoms with Gasteiger partial charge in [0.1, 0.15) is 5.60 Å². The molecule has 0 aromatic carbocycles. The van der Waals surface area contributed by atoms with Gasteiger partial charge in [-0.1, -0.05) is 11.6 Å². The lowest BCUT2D eigenvalue weighted by Gasteiger charge is -2.20. The van der Waals surface area contributed by atoms with Gasteiger partial charge in [-0.3, -0.25) is 4.90 Å². The summed E-state index contributed by atoms with van der Waals surface area (Å²) in [5.74, 6) is 0.438. The zero-order valence-electron chi connectivity index (χ0n) is 13.3. The summed E-state index contributed by atoms with van der Waals surface area (Å²) in [6.45, 7) is 8.89. The third kappa shape index (κ3) is 5.77. The van der Waals surface area contributed by atoms with Gasteiger partial charge in [0.05, 0.1) is 5.69 Å². The van der Waals surface area contributed by atoms with E-state index in [1.54, 1.807) is 6.07 Å². The van der Waals surface area contributed by atoms with Crippen molar-refractivity contribution in [3.63, 3.8) is 0 Å². The maximum atomic E-state index is 11.6. The van der Waals surface area contributed by atoms with Crippen LogP contribution >= 0.6 is 11.6 Å². The van der Waals surface area contributed by atoms with Crippen LogP contribution in [0, 0.1) is 5.92 Å². The van der Waals surface area contributed by atoms with Gasteiger partial charge in [0.2, 0.25) is 0 Å². The fraction of sp³-hybridized carbons (Fsp3) is 0.667. The number of nitrogens with one attached hydrogen (secondary N) is 1. The molecular formula is C15H23ClN4O2. The Bertz CT molecular complexity index is 501. The first-order valence-electron chi connectivity index (χ1n) is 7.49. The highest BCUT2D eigenvalue weighted by Gasteiger charge is 2.24. The minimum atomic E-state index is -0.459. The Morgan fingerprint density at radius 2 is 2.23 bits per heavy atom. The predicted octanol–water partition coefficient (Wildman–Crippen LogP) is 2.48. The number of halogens is 1. The maximum absolute atomic E-state index is 11.6. The van der Waals surface area contributed by atoms with Crippen LogP contribution in [0.25, 0.3) is 0 Å². The van der Waals surface area contributed by atoms with Crippen molar-refractivity contribution in [3.8, 4) is 0 Å². The van der Waals surface area contributed by atoms with Gasteiger partial charge in [0, 0.05) is 19.6 Å². The molecule has 0 aliphatic carbocycles. The van der Waals surface area contributed by atoms with E-state index in [0.717, 1.165) is 31.7 Å². The molecule has 6 nitrogen and oxygen atoms in total. The second kappa shape index (κ2) is 7.24. The van der Waals surface area contributed by atoms with Crippen LogP contribution in [-0.4, -0.2) is 46.4 Å². The molecule has 1 atom stereocenters. The van der Waals surface area contributed by atoms with E-state index in [1.165, 1.54) is 0 Å². The van der Waals surface area contributed by atoms with E-state index in [9.17, 15) is 4.79 Å². The normalized spacial score (nSPS) is 19.2. The first-order valence-corrected chi connectivity index (χ1v) is 7.87. The third-order valence-electron chi connectivity index (χ3n) is 3.38. The molecule has 1 aromatic heterocycles. The van der Waals surface area contributed by atoms with Gasteiger partial charge in [-0.25, -0.2) is 4.79 Å². The topological polar surface area (TPSA) is 67.3 Å². The van der Waals surface area contributed by atoms with Gasteiger partial charge >= 0.3 is 6.09 Å². The molecular weight excluding hydrogens is 304 g/mol. The number of alkyl carbamates (subject to hydrolysis) is 1. The van der Waals surface area contributed by atoms with E-state index < -0.39 is 5.60 Å². The Morgan fingerprint density at radius 3 is 2.86 bits per heavy atom. The molecule has 7 heteroatoms. The number of nitrogens with zero attached hydrogens (tertiary/aromatic N) is 3. The number of aromatic nitrogens is 2. The number of carbonyl (C=O) groups is 1. The van der Waals surface area contributed by atoms with Gasteiger partial charge in [-0.2, -0.15) is 5.10 Å². The van der Waals surface area contributed by atoms with E-state index in [-0.39, 0.29) is 6.09 Å². The average Bonchev–Trinajstić information content (AvgIpc) is 2.85. The van der Waals surface area contributed by atoms with Crippen LogP contribution in [0.3, 0.4) is 0 Å². The quantitative estimate of drug-likeness (QED) is 0.920. The van der Waals surface area contributed by atoms with Crippen LogP contribution in [-0.2, 0) is 11.3 Å². The Kier molecular flexibility index (Phi) is 5.58. The zero-order valence-corrected chi connectivity index (χ0v) is 14.1. The number of rotatable bonds is 4. The number of hydrogen-bond donors (Lipinski definition) is 1. The molecule has 0 saturated carbocycles. The fourth-order valence-electron chi connectivity index (χ4n) is 2.42. The monoisotopic (exact) mass is 326 g/mol. The lowest BCUT2D eigenvalue weighted by molar-refractivity contribution is 0.0519. The Morgan fingerprint density at radius 1 is 1.45 bits per heavy atom. The summed E-state index contributed by atoms with van der Waals surface area (Å²) in [5, 5.41) is 11.2. The molecule has 1 N–H and O–H groups in total. The first-order chi connectivity index (χ1) is 10.3. The number of ether oxygens (including phenoxy) is 1. The third-order valence-corrected chi connectivity index (χ3v) is 3.58. The summed E-state index contributed by atoms with van der Waals surface area (Å²) >= 11 is 5.73. The van der Waals surface area contributed by atoms with Gasteiger partial charge < -0.3 is 10.1 Å². The second-order valence-electron chi connectivity index (χ2n) is 6.62. The van der Waals surface area contributed by atoms with E-state index in [2.05, 4.69) is 20.4 Å². The van der Waals surface area contributed by atoms with E-state index >= 15 is 0 Å². The highest BCUT2D eigenvalue weighted by Crippen LogP contribution is 2.18. The molecule has 2 rings (SSSR count). The van der Waals surface area contributed by atoms with Crippen LogP contribution in [0.1, 0.15) is 32.9 Å². The van der Waals surface area contributed by atoms with E-state index in [1.807, 2.05) is 26.8 Å². The Labute approximate surface area is 136 Å². The van der Waals surface area contributed by atoms with E-state index in [0.29, 0.717) is 17.6 Å². The Balaban J connectivity index is 1.71. The van der Waals surface area contributed by atoms with Gasteiger partial charge in [-0.15, -0.1) is 5.10 Å². The van der Waals surface area contributed by atoms with Crippen molar-refractivity contribution >= 4 is 17.7 Å². The van der Waals surface area contributed by atoms with E-state index in [4.69, 9.17) is 16.3 Å². The molecule has 0 spiro atoms. The highest BCUT2D eigenvalue weighted by molar-refractivity contribution is 6.29. The van der Waals surface area contributed by atoms with Crippen molar-refractivity contribution in [3.05, 3.63) is 23.0 Å². The van der Waals surface area contributed by atoms with Gasteiger partial charge in [-0.05, 0) is 51.8 Å². The first kappa shape index (κ1) is 17.0. The lowest BCUT2D eigenvalue weighted by atomic mass is 10.1. The maximum Gasteiger partial charge on any atom is 0.407 e. The molecule has 1 amide bonds. The van der Waals surface area contributed by atoms with Crippen molar-refractivity contribution in [2.45, 2.75) is 39.3 Å². The molecule has 1 aromatic rings. The summed E-state index contributed by atoms with van der Waals surface area (Å²) < 4.78 is 5.24. The molecule has 2 heterocycles. The summed E-state index contributed by atoms with van der Waals surface area (Å²) in [4.78, 5) is 13.9. The van der Waals surface area contributed by atoms with Crippen molar-refractivity contribution < 1.29 is 9.53 Å². The van der Waals surface area contributed by atoms with Crippen LogP contribution in [0.2, 0.25) is 5.15 Å². The van der Waals surface area contributed by atoms with Crippen LogP contribution in [0.15, 0.2) is 12.1 Å². The predicted molar refractivity (Wildman–Crippen MR) is 84.7 cm³/mol. The number of amides is 1. The van der Waals surface area contributed by atoms with Gasteiger partial charge in [0.25, 0.3) is 0 Å². The number of likely N-dealkylation sites (tertiary alicyclic amines) is 1. The van der Waals surface area contributed by atoms with Crippen molar-refractivity contribution in [1.29, 1.82) is 0 Å². The molecule has 1 fully saturated rings. The fourth-order valence-corrected chi connectivity index (χ4v) is 2.52. The lowest BCUT2D eigenvalue weighted by Crippen LogP contribution is -2.36. The number of hydrogen-bond acceptors (Lipinski definition) is 5. The summed E-state index contributed by atoms with van der Waals surface area (Å²) in [6.07, 6.45) is 0.700. The summed E-state index contributed by atoms with van der Waals surface area (Å²) in [5.41, 5.74) is 0.448. The van der Waals surface area contributed by atoms with Crippen LogP contribution in [0.4, 0.5) is 4.79 Å². The Hall–Kier alpha value is -1.40. The summed E-state index contributed by atoms with van der Waals surface area (Å²) in [7, 11) is 0. The minimum Gasteiger partial charge on any atom is -0.444 e. The van der Waals surface area contributed by atoms with Crippen molar-refractivity contribution in [1.82, 2.24) is 20.4 Å².